The van der Waals surface area contributed by atoms with E-state index in [0.29, 0.717) is 17.3 Å². The van der Waals surface area contributed by atoms with E-state index in [-0.39, 0.29) is 11.9 Å². The molecule has 0 aliphatic heterocycles. The molecule has 0 bridgehead atoms. The molecule has 1 aromatic carbocycles. The molecule has 1 aromatic heterocycles. The van der Waals surface area contributed by atoms with Crippen LogP contribution in [0.4, 0.5) is 5.82 Å². The summed E-state index contributed by atoms with van der Waals surface area (Å²) in [5, 5.41) is 7.56. The summed E-state index contributed by atoms with van der Waals surface area (Å²) in [6.45, 7) is 4.52. The monoisotopic (exact) mass is 350 g/mol. The molecule has 2 N–H and O–H groups in total. The van der Waals surface area contributed by atoms with Crippen LogP contribution in [0.1, 0.15) is 19.4 Å². The van der Waals surface area contributed by atoms with Crippen LogP contribution in [-0.2, 0) is 11.3 Å². The summed E-state index contributed by atoms with van der Waals surface area (Å²) in [5.41, 5.74) is 1.11. The molecule has 1 heterocycles. The van der Waals surface area contributed by atoms with E-state index >= 15 is 0 Å². The number of hydrogen-bond donors (Lipinski definition) is 2. The third-order valence-electron chi connectivity index (χ3n) is 2.83. The van der Waals surface area contributed by atoms with Gasteiger partial charge in [0.05, 0.1) is 5.75 Å². The van der Waals surface area contributed by atoms with Crippen molar-refractivity contribution in [1.29, 1.82) is 0 Å². The molecule has 0 atom stereocenters. The van der Waals surface area contributed by atoms with Crippen LogP contribution in [0.2, 0.25) is 5.02 Å². The number of nitrogens with zero attached hydrogens (tertiary/aromatic N) is 2. The number of nitrogens with one attached hydrogen (secondary N) is 2. The van der Waals surface area contributed by atoms with Crippen LogP contribution < -0.4 is 10.6 Å². The summed E-state index contributed by atoms with van der Waals surface area (Å²) in [4.78, 5) is 20.0. The number of carbonyl (C=O) groups is 1. The van der Waals surface area contributed by atoms with Gasteiger partial charge >= 0.3 is 0 Å². The van der Waals surface area contributed by atoms with E-state index < -0.39 is 0 Å². The normalized spacial score (nSPS) is 10.6. The zero-order valence-corrected chi connectivity index (χ0v) is 14.6. The number of rotatable bonds is 7. The topological polar surface area (TPSA) is 66.9 Å². The van der Waals surface area contributed by atoms with Gasteiger partial charge in [-0.1, -0.05) is 35.5 Å². The number of benzene rings is 1. The summed E-state index contributed by atoms with van der Waals surface area (Å²) in [6.07, 6.45) is 1.49. The van der Waals surface area contributed by atoms with E-state index in [0.717, 1.165) is 16.4 Å². The lowest BCUT2D eigenvalue weighted by Crippen LogP contribution is -2.31. The Bertz CT molecular complexity index is 649. The van der Waals surface area contributed by atoms with Crippen LogP contribution in [0.3, 0.4) is 0 Å². The predicted octanol–water partition coefficient (Wildman–Crippen LogP) is 3.36. The summed E-state index contributed by atoms with van der Waals surface area (Å²) >= 11 is 7.25. The van der Waals surface area contributed by atoms with Crippen molar-refractivity contribution in [1.82, 2.24) is 15.3 Å². The number of anilines is 1. The molecule has 0 spiro atoms. The van der Waals surface area contributed by atoms with Gasteiger partial charge in [-0.2, -0.15) is 0 Å². The maximum atomic E-state index is 11.6. The molecule has 2 rings (SSSR count). The lowest BCUT2D eigenvalue weighted by molar-refractivity contribution is -0.119. The molecule has 122 valence electrons. The van der Waals surface area contributed by atoms with Crippen molar-refractivity contribution >= 4 is 35.1 Å². The number of thioether (sulfide) groups is 1. The van der Waals surface area contributed by atoms with Crippen LogP contribution in [0, 0.1) is 0 Å². The Kier molecular flexibility index (Phi) is 6.67. The minimum Gasteiger partial charge on any atom is -0.366 e. The maximum absolute atomic E-state index is 11.6. The lowest BCUT2D eigenvalue weighted by atomic mass is 10.2. The fraction of sp³-hybridized carbons (Fsp3) is 0.312. The molecule has 2 aromatic rings. The van der Waals surface area contributed by atoms with Crippen molar-refractivity contribution < 1.29 is 4.79 Å². The van der Waals surface area contributed by atoms with Crippen LogP contribution >= 0.6 is 23.4 Å². The highest BCUT2D eigenvalue weighted by Gasteiger charge is 2.06. The SMILES string of the molecule is CC(C)NC(=O)CSc1cc(NCc2ccc(Cl)cc2)ncn1. The largest absolute Gasteiger partial charge is 0.366 e. The molecule has 0 unspecified atom stereocenters. The summed E-state index contributed by atoms with van der Waals surface area (Å²) < 4.78 is 0. The molecule has 23 heavy (non-hydrogen) atoms. The smallest absolute Gasteiger partial charge is 0.230 e. The predicted molar refractivity (Wildman–Crippen MR) is 94.8 cm³/mol. The van der Waals surface area contributed by atoms with Crippen molar-refractivity contribution in [2.24, 2.45) is 0 Å². The Balaban J connectivity index is 1.86. The van der Waals surface area contributed by atoms with E-state index in [1.165, 1.54) is 18.1 Å². The van der Waals surface area contributed by atoms with E-state index in [1.807, 2.05) is 44.2 Å². The number of carbonyl (C=O) groups excluding carboxylic acids is 1. The van der Waals surface area contributed by atoms with Gasteiger partial charge in [-0.25, -0.2) is 9.97 Å². The second kappa shape index (κ2) is 8.74. The van der Waals surface area contributed by atoms with E-state index in [1.54, 1.807) is 0 Å². The van der Waals surface area contributed by atoms with Crippen molar-refractivity contribution in [3.8, 4) is 0 Å². The van der Waals surface area contributed by atoms with Gasteiger partial charge in [-0.15, -0.1) is 0 Å². The maximum Gasteiger partial charge on any atom is 0.230 e. The molecule has 0 aliphatic carbocycles. The molecule has 0 saturated heterocycles. The number of halogens is 1. The van der Waals surface area contributed by atoms with Gasteiger partial charge in [0.1, 0.15) is 17.2 Å². The highest BCUT2D eigenvalue weighted by Crippen LogP contribution is 2.18. The van der Waals surface area contributed by atoms with Gasteiger partial charge in [-0.05, 0) is 31.5 Å². The van der Waals surface area contributed by atoms with Crippen LogP contribution in [0.15, 0.2) is 41.7 Å². The third-order valence-corrected chi connectivity index (χ3v) is 4.01. The average Bonchev–Trinajstić information content (AvgIpc) is 2.52. The Hall–Kier alpha value is -1.79. The molecule has 1 amide bonds. The van der Waals surface area contributed by atoms with E-state index in [2.05, 4.69) is 20.6 Å². The first-order valence-electron chi connectivity index (χ1n) is 7.25. The number of amides is 1. The highest BCUT2D eigenvalue weighted by molar-refractivity contribution is 7.99. The van der Waals surface area contributed by atoms with Crippen molar-refractivity contribution in [3.05, 3.63) is 47.2 Å². The summed E-state index contributed by atoms with van der Waals surface area (Å²) in [7, 11) is 0. The zero-order chi connectivity index (χ0) is 16.7. The van der Waals surface area contributed by atoms with Crippen LogP contribution in [0.5, 0.6) is 0 Å². The fourth-order valence-corrected chi connectivity index (χ4v) is 2.62. The second-order valence-corrected chi connectivity index (χ2v) is 6.66. The molecule has 5 nitrogen and oxygen atoms in total. The summed E-state index contributed by atoms with van der Waals surface area (Å²) in [5.74, 6) is 1.06. The standard InChI is InChI=1S/C16H19ClN4OS/c1-11(2)21-15(22)9-23-16-7-14(19-10-20-16)18-8-12-3-5-13(17)6-4-12/h3-7,10-11H,8-9H2,1-2H3,(H,21,22)(H,18,19,20). The van der Waals surface area contributed by atoms with Gasteiger partial charge in [0.15, 0.2) is 0 Å². The van der Waals surface area contributed by atoms with Gasteiger partial charge in [0.2, 0.25) is 5.91 Å². The van der Waals surface area contributed by atoms with Gasteiger partial charge in [-0.3, -0.25) is 4.79 Å². The van der Waals surface area contributed by atoms with Crippen molar-refractivity contribution in [2.75, 3.05) is 11.1 Å². The molecule has 0 radical (unpaired) electrons. The first-order valence-corrected chi connectivity index (χ1v) is 8.62. The Morgan fingerprint density at radius 2 is 2.00 bits per heavy atom. The quantitative estimate of drug-likeness (QED) is 0.592. The van der Waals surface area contributed by atoms with Crippen LogP contribution in [-0.4, -0.2) is 27.7 Å². The minimum absolute atomic E-state index is 0.000661. The van der Waals surface area contributed by atoms with E-state index in [9.17, 15) is 4.79 Å². The molecule has 0 saturated carbocycles. The van der Waals surface area contributed by atoms with Crippen LogP contribution in [0.25, 0.3) is 0 Å². The Morgan fingerprint density at radius 3 is 2.70 bits per heavy atom. The van der Waals surface area contributed by atoms with Crippen molar-refractivity contribution in [3.63, 3.8) is 0 Å². The van der Waals surface area contributed by atoms with Gasteiger partial charge in [0, 0.05) is 23.7 Å². The molecule has 0 fully saturated rings. The fourth-order valence-electron chi connectivity index (χ4n) is 1.81. The Labute approximate surface area is 145 Å². The third kappa shape index (κ3) is 6.46. The first-order chi connectivity index (χ1) is 11.0. The minimum atomic E-state index is -0.000661. The molecule has 0 aliphatic rings. The molecular formula is C16H19ClN4OS. The van der Waals surface area contributed by atoms with Gasteiger partial charge in [0.25, 0.3) is 0 Å². The highest BCUT2D eigenvalue weighted by atomic mass is 35.5. The molecule has 7 heteroatoms. The number of hydrogen-bond acceptors (Lipinski definition) is 5. The molecular weight excluding hydrogens is 332 g/mol. The average molecular weight is 351 g/mol. The first kappa shape index (κ1) is 17.6. The van der Waals surface area contributed by atoms with Crippen molar-refractivity contribution in [2.45, 2.75) is 31.5 Å². The number of aromatic nitrogens is 2. The zero-order valence-electron chi connectivity index (χ0n) is 13.0. The second-order valence-electron chi connectivity index (χ2n) is 5.23. The lowest BCUT2D eigenvalue weighted by Gasteiger charge is -2.09. The van der Waals surface area contributed by atoms with Gasteiger partial charge < -0.3 is 10.6 Å². The summed E-state index contributed by atoms with van der Waals surface area (Å²) in [6, 6.07) is 9.61. The van der Waals surface area contributed by atoms with E-state index in [4.69, 9.17) is 11.6 Å². The Morgan fingerprint density at radius 1 is 1.26 bits per heavy atom.